The van der Waals surface area contributed by atoms with E-state index in [1.165, 1.54) is 0 Å². The summed E-state index contributed by atoms with van der Waals surface area (Å²) in [7, 11) is 0. The van der Waals surface area contributed by atoms with E-state index in [-0.39, 0.29) is 18.8 Å². The van der Waals surface area contributed by atoms with Gasteiger partial charge in [-0.25, -0.2) is 4.98 Å². The molecule has 1 atom stereocenters. The van der Waals surface area contributed by atoms with Gasteiger partial charge in [-0.1, -0.05) is 18.2 Å². The molecule has 136 valence electrons. The monoisotopic (exact) mass is 362 g/mol. The van der Waals surface area contributed by atoms with Gasteiger partial charge >= 0.3 is 0 Å². The van der Waals surface area contributed by atoms with E-state index in [2.05, 4.69) is 4.98 Å². The van der Waals surface area contributed by atoms with Gasteiger partial charge in [0.2, 0.25) is 12.7 Å². The van der Waals surface area contributed by atoms with E-state index in [0.29, 0.717) is 36.0 Å². The van der Waals surface area contributed by atoms with Crippen LogP contribution in [0.1, 0.15) is 16.8 Å². The normalized spacial score (nSPS) is 18.1. The van der Waals surface area contributed by atoms with Crippen LogP contribution in [0.15, 0.2) is 54.6 Å². The molecular weight excluding hydrogens is 344 g/mol. The van der Waals surface area contributed by atoms with E-state index in [1.54, 1.807) is 18.2 Å². The van der Waals surface area contributed by atoms with Crippen LogP contribution in [-0.2, 0) is 0 Å². The Balaban J connectivity index is 1.27. The Morgan fingerprint density at radius 2 is 1.96 bits per heavy atom. The molecule has 3 aromatic rings. The van der Waals surface area contributed by atoms with Gasteiger partial charge in [-0.15, -0.1) is 0 Å². The number of amides is 1. The van der Waals surface area contributed by atoms with Crippen LogP contribution in [0.4, 0.5) is 0 Å². The van der Waals surface area contributed by atoms with E-state index in [4.69, 9.17) is 14.2 Å². The first-order valence-electron chi connectivity index (χ1n) is 8.98. The minimum Gasteiger partial charge on any atom is -0.472 e. The van der Waals surface area contributed by atoms with Gasteiger partial charge in [-0.2, -0.15) is 0 Å². The highest BCUT2D eigenvalue weighted by molar-refractivity contribution is 5.95. The minimum atomic E-state index is -0.0587. The van der Waals surface area contributed by atoms with Gasteiger partial charge in [0.25, 0.3) is 5.91 Å². The molecule has 0 bridgehead atoms. The van der Waals surface area contributed by atoms with Crippen molar-refractivity contribution in [3.8, 4) is 17.4 Å². The number of pyridine rings is 1. The summed E-state index contributed by atoms with van der Waals surface area (Å²) in [5.41, 5.74) is 1.50. The van der Waals surface area contributed by atoms with Crippen LogP contribution in [0.5, 0.6) is 17.4 Å². The Morgan fingerprint density at radius 3 is 2.93 bits per heavy atom. The molecule has 3 heterocycles. The smallest absolute Gasteiger partial charge is 0.254 e. The second kappa shape index (κ2) is 6.46. The summed E-state index contributed by atoms with van der Waals surface area (Å²) >= 11 is 0. The summed E-state index contributed by atoms with van der Waals surface area (Å²) in [6, 6.07) is 17.1. The zero-order valence-electron chi connectivity index (χ0n) is 14.6. The Morgan fingerprint density at radius 1 is 1.07 bits per heavy atom. The number of aromatic nitrogens is 1. The molecule has 0 saturated carbocycles. The number of carbonyl (C=O) groups is 1. The number of rotatable bonds is 3. The number of likely N-dealkylation sites (tertiary alicyclic amines) is 1. The van der Waals surface area contributed by atoms with E-state index in [9.17, 15) is 4.79 Å². The van der Waals surface area contributed by atoms with Gasteiger partial charge in [0, 0.05) is 30.0 Å². The van der Waals surface area contributed by atoms with Crippen molar-refractivity contribution in [1.29, 1.82) is 0 Å². The standard InChI is InChI=1S/C21H18N2O4/c24-21(15-5-7-18-19(11-15)26-13-25-18)23-10-9-16(12-23)27-20-8-6-14-3-1-2-4-17(14)22-20/h1-8,11,16H,9-10,12-13H2. The van der Waals surface area contributed by atoms with Gasteiger partial charge in [0.15, 0.2) is 11.5 Å². The molecule has 0 spiro atoms. The van der Waals surface area contributed by atoms with Crippen molar-refractivity contribution in [3.63, 3.8) is 0 Å². The summed E-state index contributed by atoms with van der Waals surface area (Å²) in [5.74, 6) is 1.87. The molecule has 1 aromatic heterocycles. The molecule has 1 unspecified atom stereocenters. The van der Waals surface area contributed by atoms with Crippen molar-refractivity contribution in [2.75, 3.05) is 19.9 Å². The molecule has 0 radical (unpaired) electrons. The van der Waals surface area contributed by atoms with Gasteiger partial charge in [-0.3, -0.25) is 4.79 Å². The maximum Gasteiger partial charge on any atom is 0.254 e. The summed E-state index contributed by atoms with van der Waals surface area (Å²) in [6.07, 6.45) is 0.724. The average Bonchev–Trinajstić information content (AvgIpc) is 3.36. The molecule has 2 aliphatic heterocycles. The van der Waals surface area contributed by atoms with Gasteiger partial charge in [-0.05, 0) is 30.3 Å². The first-order valence-corrected chi connectivity index (χ1v) is 8.98. The largest absolute Gasteiger partial charge is 0.472 e. The number of para-hydroxylation sites is 1. The first-order chi connectivity index (χ1) is 13.3. The van der Waals surface area contributed by atoms with Crippen molar-refractivity contribution in [2.45, 2.75) is 12.5 Å². The number of carbonyl (C=O) groups excluding carboxylic acids is 1. The summed E-state index contributed by atoms with van der Waals surface area (Å²) in [6.45, 7) is 1.40. The molecular formula is C21H18N2O4. The predicted molar refractivity (Wildman–Crippen MR) is 99.2 cm³/mol. The fraction of sp³-hybridized carbons (Fsp3) is 0.238. The third kappa shape index (κ3) is 3.03. The second-order valence-electron chi connectivity index (χ2n) is 6.69. The summed E-state index contributed by atoms with van der Waals surface area (Å²) in [4.78, 5) is 19.1. The van der Waals surface area contributed by atoms with Crippen LogP contribution in [0.25, 0.3) is 10.9 Å². The number of ether oxygens (including phenoxy) is 3. The number of nitrogens with zero attached hydrogens (tertiary/aromatic N) is 2. The predicted octanol–water partition coefficient (Wildman–Crippen LogP) is 3.26. The molecule has 6 nitrogen and oxygen atoms in total. The topological polar surface area (TPSA) is 60.9 Å². The van der Waals surface area contributed by atoms with Gasteiger partial charge in [0.05, 0.1) is 12.1 Å². The molecule has 1 saturated heterocycles. The molecule has 6 heteroatoms. The Hall–Kier alpha value is -3.28. The molecule has 0 aliphatic carbocycles. The van der Waals surface area contributed by atoms with Crippen molar-refractivity contribution in [2.24, 2.45) is 0 Å². The molecule has 5 rings (SSSR count). The van der Waals surface area contributed by atoms with Crippen LogP contribution in [-0.4, -0.2) is 41.8 Å². The molecule has 27 heavy (non-hydrogen) atoms. The van der Waals surface area contributed by atoms with Crippen LogP contribution < -0.4 is 14.2 Å². The summed E-state index contributed by atoms with van der Waals surface area (Å²) < 4.78 is 16.7. The Labute approximate surface area is 156 Å². The zero-order valence-corrected chi connectivity index (χ0v) is 14.6. The highest BCUT2D eigenvalue weighted by atomic mass is 16.7. The lowest BCUT2D eigenvalue weighted by Crippen LogP contribution is -2.31. The van der Waals surface area contributed by atoms with Crippen LogP contribution in [0, 0.1) is 0 Å². The molecule has 2 aromatic carbocycles. The summed E-state index contributed by atoms with van der Waals surface area (Å²) in [5, 5.41) is 1.08. The maximum atomic E-state index is 12.8. The maximum absolute atomic E-state index is 12.8. The first kappa shape index (κ1) is 15.9. The lowest BCUT2D eigenvalue weighted by atomic mass is 10.2. The lowest BCUT2D eigenvalue weighted by molar-refractivity contribution is 0.0771. The van der Waals surface area contributed by atoms with Crippen molar-refractivity contribution < 1.29 is 19.0 Å². The third-order valence-electron chi connectivity index (χ3n) is 4.91. The van der Waals surface area contributed by atoms with E-state index in [1.807, 2.05) is 41.3 Å². The lowest BCUT2D eigenvalue weighted by Gasteiger charge is -2.17. The highest BCUT2D eigenvalue weighted by Gasteiger charge is 2.29. The number of fused-ring (bicyclic) bond motifs is 2. The fourth-order valence-corrected chi connectivity index (χ4v) is 3.50. The molecule has 1 fully saturated rings. The van der Waals surface area contributed by atoms with E-state index < -0.39 is 0 Å². The minimum absolute atomic E-state index is 0.0223. The van der Waals surface area contributed by atoms with Crippen LogP contribution in [0.3, 0.4) is 0 Å². The number of hydrogen-bond acceptors (Lipinski definition) is 5. The van der Waals surface area contributed by atoms with Crippen molar-refractivity contribution in [1.82, 2.24) is 9.88 Å². The van der Waals surface area contributed by atoms with E-state index >= 15 is 0 Å². The Bertz CT molecular complexity index is 1020. The SMILES string of the molecule is O=C(c1ccc2c(c1)OCO2)N1CCC(Oc2ccc3ccccc3n2)C1. The number of hydrogen-bond donors (Lipinski definition) is 0. The Kier molecular flexibility index (Phi) is 3.81. The third-order valence-corrected chi connectivity index (χ3v) is 4.91. The van der Waals surface area contributed by atoms with E-state index in [0.717, 1.165) is 17.3 Å². The van der Waals surface area contributed by atoms with Gasteiger partial charge in [0.1, 0.15) is 6.10 Å². The molecule has 1 amide bonds. The number of benzene rings is 2. The van der Waals surface area contributed by atoms with Crippen molar-refractivity contribution >= 4 is 16.8 Å². The molecule has 0 N–H and O–H groups in total. The van der Waals surface area contributed by atoms with Crippen LogP contribution >= 0.6 is 0 Å². The molecule has 2 aliphatic rings. The average molecular weight is 362 g/mol. The fourth-order valence-electron chi connectivity index (χ4n) is 3.50. The second-order valence-corrected chi connectivity index (χ2v) is 6.69. The van der Waals surface area contributed by atoms with Crippen LogP contribution in [0.2, 0.25) is 0 Å². The zero-order chi connectivity index (χ0) is 18.2. The van der Waals surface area contributed by atoms with Gasteiger partial charge < -0.3 is 19.1 Å². The quantitative estimate of drug-likeness (QED) is 0.716. The highest BCUT2D eigenvalue weighted by Crippen LogP contribution is 2.33. The van der Waals surface area contributed by atoms with Crippen molar-refractivity contribution in [3.05, 3.63) is 60.2 Å².